The highest BCUT2D eigenvalue weighted by Crippen LogP contribution is 2.42. The Bertz CT molecular complexity index is 1440. The molecular weight excluding hydrogens is 457 g/mol. The molecule has 0 saturated carbocycles. The van der Waals surface area contributed by atoms with Gasteiger partial charge in [-0.2, -0.15) is 0 Å². The Morgan fingerprint density at radius 3 is 2.52 bits per heavy atom. The van der Waals surface area contributed by atoms with Crippen molar-refractivity contribution in [3.05, 3.63) is 82.8 Å². The minimum Gasteiger partial charge on any atom is -0.497 e. The number of nitrogens with zero attached hydrogens (tertiary/aromatic N) is 1. The summed E-state index contributed by atoms with van der Waals surface area (Å²) < 4.78 is 18.7. The summed E-state index contributed by atoms with van der Waals surface area (Å²) in [5.41, 5.74) is 9.86. The van der Waals surface area contributed by atoms with Gasteiger partial charge in [-0.1, -0.05) is 18.2 Å². The van der Waals surface area contributed by atoms with E-state index in [0.717, 1.165) is 21.7 Å². The molecule has 3 N–H and O–H groups in total. The molecule has 0 aliphatic rings. The number of nitrogen functional groups attached to an aromatic ring is 1. The van der Waals surface area contributed by atoms with Crippen molar-refractivity contribution in [2.75, 3.05) is 18.2 Å². The van der Waals surface area contributed by atoms with E-state index < -0.39 is 0 Å². The first kappa shape index (κ1) is 21.1. The Kier molecular flexibility index (Phi) is 5.53. The van der Waals surface area contributed by atoms with Crippen molar-refractivity contribution < 1.29 is 13.9 Å². The molecule has 2 aromatic carbocycles. The van der Waals surface area contributed by atoms with Crippen LogP contribution in [0, 0.1) is 5.82 Å². The molecule has 8 heteroatoms. The number of nitrogens with two attached hydrogens (primary N) is 1. The number of fused-ring (bicyclic) bond motifs is 1. The molecule has 0 bridgehead atoms. The first-order chi connectivity index (χ1) is 16.0. The molecule has 0 saturated heterocycles. The molecule has 0 radical (unpaired) electrons. The Morgan fingerprint density at radius 1 is 1.09 bits per heavy atom. The fraction of sp³-hybridized carbons (Fsp3) is 0.0400. The van der Waals surface area contributed by atoms with Gasteiger partial charge in [-0.05, 0) is 65.0 Å². The summed E-state index contributed by atoms with van der Waals surface area (Å²) in [6.45, 7) is 0. The number of pyridine rings is 1. The SMILES string of the molecule is COc1ccc(NC(=O)c2sc3nc(-c4cccs4)cc(-c4ccc(F)cc4)c3c2N)cc1. The van der Waals surface area contributed by atoms with Crippen LogP contribution in [0.1, 0.15) is 9.67 Å². The average molecular weight is 476 g/mol. The van der Waals surface area contributed by atoms with Gasteiger partial charge in [0.2, 0.25) is 0 Å². The van der Waals surface area contributed by atoms with Crippen molar-refractivity contribution in [3.63, 3.8) is 0 Å². The molecular formula is C25H18FN3O2S2. The molecule has 5 nitrogen and oxygen atoms in total. The maximum absolute atomic E-state index is 13.6. The minimum atomic E-state index is -0.319. The smallest absolute Gasteiger partial charge is 0.267 e. The third-order valence-corrected chi connectivity index (χ3v) is 7.17. The Labute approximate surface area is 197 Å². The molecule has 0 unspecified atom stereocenters. The van der Waals surface area contributed by atoms with Gasteiger partial charge in [0.05, 0.1) is 23.4 Å². The highest BCUT2D eigenvalue weighted by molar-refractivity contribution is 7.21. The third-order valence-electron chi connectivity index (χ3n) is 5.18. The van der Waals surface area contributed by atoms with E-state index in [0.29, 0.717) is 32.2 Å². The predicted octanol–water partition coefficient (Wildman–Crippen LogP) is 6.67. The molecule has 0 atom stereocenters. The van der Waals surface area contributed by atoms with Gasteiger partial charge < -0.3 is 15.8 Å². The van der Waals surface area contributed by atoms with Crippen molar-refractivity contribution in [2.45, 2.75) is 0 Å². The number of amides is 1. The molecule has 0 aliphatic heterocycles. The van der Waals surface area contributed by atoms with Gasteiger partial charge in [0.15, 0.2) is 0 Å². The van der Waals surface area contributed by atoms with Crippen molar-refractivity contribution in [3.8, 4) is 27.4 Å². The van der Waals surface area contributed by atoms with Crippen LogP contribution < -0.4 is 15.8 Å². The molecule has 5 aromatic rings. The highest BCUT2D eigenvalue weighted by Gasteiger charge is 2.22. The summed E-state index contributed by atoms with van der Waals surface area (Å²) in [6, 6.07) is 19.2. The van der Waals surface area contributed by atoms with E-state index in [9.17, 15) is 9.18 Å². The van der Waals surface area contributed by atoms with Gasteiger partial charge in [-0.3, -0.25) is 4.79 Å². The van der Waals surface area contributed by atoms with Crippen molar-refractivity contribution in [2.24, 2.45) is 0 Å². The van der Waals surface area contributed by atoms with Crippen LogP contribution >= 0.6 is 22.7 Å². The van der Waals surface area contributed by atoms with E-state index in [1.54, 1.807) is 54.8 Å². The standard InChI is InChI=1S/C25H18FN3O2S2/c1-31-17-10-8-16(9-11-17)28-24(30)23-22(27)21-18(14-4-6-15(26)7-5-14)13-19(29-25(21)33-23)20-3-2-12-32-20/h2-13H,27H2,1H3,(H,28,30). The molecule has 1 amide bonds. The normalized spacial score (nSPS) is 11.0. The van der Waals surface area contributed by atoms with Gasteiger partial charge in [-0.25, -0.2) is 9.37 Å². The molecule has 164 valence electrons. The number of carbonyl (C=O) groups excluding carboxylic acids is 1. The van der Waals surface area contributed by atoms with Crippen molar-refractivity contribution in [1.29, 1.82) is 0 Å². The van der Waals surface area contributed by atoms with Crippen LogP contribution in [0.2, 0.25) is 0 Å². The van der Waals surface area contributed by atoms with Crippen molar-refractivity contribution >= 4 is 50.2 Å². The van der Waals surface area contributed by atoms with Crippen LogP contribution in [0.4, 0.5) is 15.8 Å². The van der Waals surface area contributed by atoms with E-state index in [4.69, 9.17) is 15.5 Å². The zero-order valence-electron chi connectivity index (χ0n) is 17.5. The lowest BCUT2D eigenvalue weighted by Crippen LogP contribution is -2.11. The summed E-state index contributed by atoms with van der Waals surface area (Å²) >= 11 is 2.81. The first-order valence-electron chi connectivity index (χ1n) is 10.0. The second-order valence-electron chi connectivity index (χ2n) is 7.25. The monoisotopic (exact) mass is 475 g/mol. The summed E-state index contributed by atoms with van der Waals surface area (Å²) in [7, 11) is 1.58. The number of ether oxygens (including phenoxy) is 1. The fourth-order valence-corrected chi connectivity index (χ4v) is 5.26. The number of thiophene rings is 2. The zero-order chi connectivity index (χ0) is 22.9. The second-order valence-corrected chi connectivity index (χ2v) is 9.19. The molecule has 3 heterocycles. The fourth-order valence-electron chi connectivity index (χ4n) is 3.56. The number of nitrogens with one attached hydrogen (secondary N) is 1. The van der Waals surface area contributed by atoms with E-state index in [1.165, 1.54) is 23.5 Å². The number of hydrogen-bond acceptors (Lipinski definition) is 6. The number of carbonyl (C=O) groups is 1. The van der Waals surface area contributed by atoms with Gasteiger partial charge >= 0.3 is 0 Å². The number of anilines is 2. The van der Waals surface area contributed by atoms with Crippen LogP contribution in [-0.4, -0.2) is 18.0 Å². The van der Waals surface area contributed by atoms with Gasteiger partial charge in [0.25, 0.3) is 5.91 Å². The summed E-state index contributed by atoms with van der Waals surface area (Å²) in [4.78, 5) is 19.9. The molecule has 5 rings (SSSR count). The quantitative estimate of drug-likeness (QED) is 0.297. The van der Waals surface area contributed by atoms with Crippen molar-refractivity contribution in [1.82, 2.24) is 4.98 Å². The topological polar surface area (TPSA) is 77.2 Å². The number of methoxy groups -OCH3 is 1. The predicted molar refractivity (Wildman–Crippen MR) is 134 cm³/mol. The number of aromatic nitrogens is 1. The van der Waals surface area contributed by atoms with E-state index in [1.807, 2.05) is 23.6 Å². The lowest BCUT2D eigenvalue weighted by atomic mass is 10.0. The molecule has 0 fully saturated rings. The number of rotatable bonds is 5. The molecule has 0 spiro atoms. The summed E-state index contributed by atoms with van der Waals surface area (Å²) in [6.07, 6.45) is 0. The third kappa shape index (κ3) is 4.06. The molecule has 33 heavy (non-hydrogen) atoms. The minimum absolute atomic E-state index is 0.316. The van der Waals surface area contributed by atoms with E-state index in [-0.39, 0.29) is 11.7 Å². The van der Waals surface area contributed by atoms with Crippen LogP contribution in [0.25, 0.3) is 31.9 Å². The lowest BCUT2D eigenvalue weighted by Gasteiger charge is -2.08. The summed E-state index contributed by atoms with van der Waals surface area (Å²) in [5, 5.41) is 5.55. The van der Waals surface area contributed by atoms with Crippen LogP contribution in [-0.2, 0) is 0 Å². The number of benzene rings is 2. The Morgan fingerprint density at radius 2 is 1.85 bits per heavy atom. The first-order valence-corrected chi connectivity index (χ1v) is 11.7. The highest BCUT2D eigenvalue weighted by atomic mass is 32.1. The maximum atomic E-state index is 13.6. The lowest BCUT2D eigenvalue weighted by molar-refractivity contribution is 0.103. The number of halogens is 1. The Hall–Kier alpha value is -3.75. The molecule has 0 aliphatic carbocycles. The zero-order valence-corrected chi connectivity index (χ0v) is 19.1. The second kappa shape index (κ2) is 8.65. The maximum Gasteiger partial charge on any atom is 0.267 e. The van der Waals surface area contributed by atoms with Crippen LogP contribution in [0.15, 0.2) is 72.1 Å². The average Bonchev–Trinajstić information content (AvgIpc) is 3.48. The Balaban J connectivity index is 1.62. The van der Waals surface area contributed by atoms with Crippen LogP contribution in [0.3, 0.4) is 0 Å². The largest absolute Gasteiger partial charge is 0.497 e. The van der Waals surface area contributed by atoms with Gasteiger partial charge in [0, 0.05) is 11.1 Å². The van der Waals surface area contributed by atoms with Gasteiger partial charge in [-0.15, -0.1) is 22.7 Å². The van der Waals surface area contributed by atoms with Crippen LogP contribution in [0.5, 0.6) is 5.75 Å². The molecule has 3 aromatic heterocycles. The van der Waals surface area contributed by atoms with E-state index in [2.05, 4.69) is 5.32 Å². The van der Waals surface area contributed by atoms with Gasteiger partial charge in [0.1, 0.15) is 21.3 Å². The number of hydrogen-bond donors (Lipinski definition) is 2. The summed E-state index contributed by atoms with van der Waals surface area (Å²) in [5.74, 6) is 0.0624. The van der Waals surface area contributed by atoms with E-state index >= 15 is 0 Å².